The fourth-order valence-electron chi connectivity index (χ4n) is 2.28. The Morgan fingerprint density at radius 3 is 2.74 bits per heavy atom. The van der Waals surface area contributed by atoms with Gasteiger partial charge < -0.3 is 4.74 Å². The summed E-state index contributed by atoms with van der Waals surface area (Å²) < 4.78 is 45.4. The molecule has 0 amide bonds. The molecule has 0 aliphatic carbocycles. The summed E-state index contributed by atoms with van der Waals surface area (Å²) in [7, 11) is 0. The highest BCUT2D eigenvalue weighted by molar-refractivity contribution is 5.16. The van der Waals surface area contributed by atoms with E-state index in [4.69, 9.17) is 4.74 Å². The quantitative estimate of drug-likeness (QED) is 0.845. The molecule has 19 heavy (non-hydrogen) atoms. The van der Waals surface area contributed by atoms with E-state index in [1.165, 1.54) is 0 Å². The predicted molar refractivity (Wildman–Crippen MR) is 64.9 cm³/mol. The molecule has 3 nitrogen and oxygen atoms in total. The van der Waals surface area contributed by atoms with Gasteiger partial charge in [-0.1, -0.05) is 13.8 Å². The minimum absolute atomic E-state index is 0.00930. The number of aromatic nitrogens is 2. The average Bonchev–Trinajstić information content (AvgIpc) is 2.74. The summed E-state index contributed by atoms with van der Waals surface area (Å²) in [5.41, 5.74) is -0.161. The third-order valence-electron chi connectivity index (χ3n) is 3.37. The van der Waals surface area contributed by atoms with Crippen molar-refractivity contribution in [2.75, 3.05) is 13.2 Å². The van der Waals surface area contributed by atoms with Crippen molar-refractivity contribution >= 4 is 0 Å². The van der Waals surface area contributed by atoms with E-state index in [2.05, 4.69) is 5.10 Å². The molecule has 1 saturated heterocycles. The standard InChI is InChI=1S/C13H19F3N2O/c1-9(2)11-6-12(13(14,15)16)18(17-11)7-10-4-3-5-19-8-10/h6,9-10H,3-5,7-8H2,1-2H3. The Labute approximate surface area is 110 Å². The lowest BCUT2D eigenvalue weighted by molar-refractivity contribution is -0.144. The molecule has 108 valence electrons. The molecule has 0 spiro atoms. The zero-order valence-corrected chi connectivity index (χ0v) is 11.2. The normalized spacial score (nSPS) is 21.1. The van der Waals surface area contributed by atoms with Crippen molar-refractivity contribution in [2.24, 2.45) is 5.92 Å². The fourth-order valence-corrected chi connectivity index (χ4v) is 2.28. The molecule has 1 aliphatic rings. The molecule has 1 aromatic heterocycles. The van der Waals surface area contributed by atoms with E-state index in [9.17, 15) is 13.2 Å². The largest absolute Gasteiger partial charge is 0.433 e. The van der Waals surface area contributed by atoms with Crippen molar-refractivity contribution in [1.29, 1.82) is 0 Å². The summed E-state index contributed by atoms with van der Waals surface area (Å²) in [6, 6.07) is 1.16. The van der Waals surface area contributed by atoms with Gasteiger partial charge in [-0.2, -0.15) is 18.3 Å². The molecule has 1 fully saturated rings. The first-order valence-corrected chi connectivity index (χ1v) is 6.60. The fraction of sp³-hybridized carbons (Fsp3) is 0.769. The van der Waals surface area contributed by atoms with Gasteiger partial charge >= 0.3 is 6.18 Å². The predicted octanol–water partition coefficient (Wildman–Crippen LogP) is 3.45. The first-order chi connectivity index (χ1) is 8.88. The molecule has 1 aromatic rings. The maximum atomic E-state index is 13.0. The number of ether oxygens (including phenoxy) is 1. The second-order valence-corrected chi connectivity index (χ2v) is 5.37. The highest BCUT2D eigenvalue weighted by atomic mass is 19.4. The van der Waals surface area contributed by atoms with Crippen LogP contribution in [-0.4, -0.2) is 23.0 Å². The van der Waals surface area contributed by atoms with Crippen LogP contribution in [0.25, 0.3) is 0 Å². The monoisotopic (exact) mass is 276 g/mol. The first kappa shape index (κ1) is 14.4. The Hall–Kier alpha value is -1.04. The van der Waals surface area contributed by atoms with E-state index in [0.29, 0.717) is 18.9 Å². The molecule has 1 aliphatic heterocycles. The van der Waals surface area contributed by atoms with Crippen LogP contribution in [0.1, 0.15) is 44.0 Å². The van der Waals surface area contributed by atoms with Gasteiger partial charge in [-0.25, -0.2) is 0 Å². The lowest BCUT2D eigenvalue weighted by Crippen LogP contribution is -2.25. The first-order valence-electron chi connectivity index (χ1n) is 6.60. The molecule has 0 radical (unpaired) electrons. The number of hydrogen-bond acceptors (Lipinski definition) is 2. The van der Waals surface area contributed by atoms with E-state index < -0.39 is 11.9 Å². The SMILES string of the molecule is CC(C)c1cc(C(F)(F)F)n(CC2CCCOC2)n1. The molecule has 0 N–H and O–H groups in total. The van der Waals surface area contributed by atoms with Crippen molar-refractivity contribution in [3.63, 3.8) is 0 Å². The minimum atomic E-state index is -4.35. The van der Waals surface area contributed by atoms with Gasteiger partial charge in [0, 0.05) is 19.1 Å². The van der Waals surface area contributed by atoms with Gasteiger partial charge in [-0.05, 0) is 24.8 Å². The van der Waals surface area contributed by atoms with Gasteiger partial charge in [0.15, 0.2) is 0 Å². The van der Waals surface area contributed by atoms with E-state index in [0.717, 1.165) is 23.6 Å². The second-order valence-electron chi connectivity index (χ2n) is 5.37. The van der Waals surface area contributed by atoms with Crippen LogP contribution in [0.5, 0.6) is 0 Å². The third kappa shape index (κ3) is 3.49. The molecule has 0 aromatic carbocycles. The summed E-state index contributed by atoms with van der Waals surface area (Å²) in [4.78, 5) is 0. The van der Waals surface area contributed by atoms with Crippen LogP contribution >= 0.6 is 0 Å². The molecule has 6 heteroatoms. The zero-order valence-electron chi connectivity index (χ0n) is 11.2. The molecular weight excluding hydrogens is 257 g/mol. The number of halogens is 3. The molecular formula is C13H19F3N2O. The van der Waals surface area contributed by atoms with Crippen molar-refractivity contribution in [2.45, 2.75) is 45.3 Å². The Balaban J connectivity index is 2.21. The van der Waals surface area contributed by atoms with E-state index in [1.807, 2.05) is 13.8 Å². The number of nitrogens with zero attached hydrogens (tertiary/aromatic N) is 2. The van der Waals surface area contributed by atoms with Crippen LogP contribution in [0, 0.1) is 5.92 Å². The average molecular weight is 276 g/mol. The van der Waals surface area contributed by atoms with Crippen LogP contribution in [0.15, 0.2) is 6.07 Å². The maximum Gasteiger partial charge on any atom is 0.433 e. The summed E-state index contributed by atoms with van der Waals surface area (Å²) in [6.07, 6.45) is -2.55. The van der Waals surface area contributed by atoms with E-state index in [1.54, 1.807) is 0 Å². The Morgan fingerprint density at radius 2 is 2.21 bits per heavy atom. The Kier molecular flexibility index (Phi) is 4.18. The topological polar surface area (TPSA) is 27.1 Å². The van der Waals surface area contributed by atoms with Crippen LogP contribution in [0.4, 0.5) is 13.2 Å². The van der Waals surface area contributed by atoms with E-state index in [-0.39, 0.29) is 18.4 Å². The van der Waals surface area contributed by atoms with Crippen LogP contribution < -0.4 is 0 Å². The summed E-state index contributed by atoms with van der Waals surface area (Å²) in [5.74, 6) is 0.111. The molecule has 1 atom stereocenters. The molecule has 2 heterocycles. The van der Waals surface area contributed by atoms with Gasteiger partial charge in [-0.3, -0.25) is 4.68 Å². The smallest absolute Gasteiger partial charge is 0.381 e. The van der Waals surface area contributed by atoms with Crippen LogP contribution in [0.2, 0.25) is 0 Å². The zero-order chi connectivity index (χ0) is 14.0. The highest BCUT2D eigenvalue weighted by Gasteiger charge is 2.36. The number of rotatable bonds is 3. The van der Waals surface area contributed by atoms with Crippen LogP contribution in [0.3, 0.4) is 0 Å². The van der Waals surface area contributed by atoms with E-state index >= 15 is 0 Å². The Morgan fingerprint density at radius 1 is 1.47 bits per heavy atom. The van der Waals surface area contributed by atoms with Gasteiger partial charge in [0.2, 0.25) is 0 Å². The highest BCUT2D eigenvalue weighted by Crippen LogP contribution is 2.32. The van der Waals surface area contributed by atoms with Gasteiger partial charge in [0.1, 0.15) is 5.69 Å². The summed E-state index contributed by atoms with van der Waals surface area (Å²) in [6.45, 7) is 5.20. The Bertz CT molecular complexity index is 420. The lowest BCUT2D eigenvalue weighted by atomic mass is 10.0. The molecule has 0 bridgehead atoms. The summed E-state index contributed by atoms with van der Waals surface area (Å²) >= 11 is 0. The second kappa shape index (κ2) is 5.53. The van der Waals surface area contributed by atoms with Crippen molar-refractivity contribution in [3.05, 3.63) is 17.5 Å². The maximum absolute atomic E-state index is 13.0. The van der Waals surface area contributed by atoms with Gasteiger partial charge in [-0.15, -0.1) is 0 Å². The minimum Gasteiger partial charge on any atom is -0.381 e. The molecule has 2 rings (SSSR count). The van der Waals surface area contributed by atoms with Gasteiger partial charge in [0.25, 0.3) is 0 Å². The number of hydrogen-bond donors (Lipinski definition) is 0. The number of alkyl halides is 3. The molecule has 1 unspecified atom stereocenters. The lowest BCUT2D eigenvalue weighted by Gasteiger charge is -2.23. The van der Waals surface area contributed by atoms with Crippen LogP contribution in [-0.2, 0) is 17.5 Å². The summed E-state index contributed by atoms with van der Waals surface area (Å²) in [5, 5.41) is 4.11. The third-order valence-corrected chi connectivity index (χ3v) is 3.37. The van der Waals surface area contributed by atoms with Crippen molar-refractivity contribution < 1.29 is 17.9 Å². The van der Waals surface area contributed by atoms with Crippen molar-refractivity contribution in [1.82, 2.24) is 9.78 Å². The van der Waals surface area contributed by atoms with Crippen molar-refractivity contribution in [3.8, 4) is 0 Å². The van der Waals surface area contributed by atoms with Gasteiger partial charge in [0.05, 0.1) is 12.3 Å². The molecule has 0 saturated carbocycles.